The molecule has 1 aliphatic carbocycles. The third-order valence-corrected chi connectivity index (χ3v) is 5.84. The van der Waals surface area contributed by atoms with Crippen molar-refractivity contribution in [3.8, 4) is 5.75 Å². The maximum Gasteiger partial charge on any atom is 0.233 e. The molecule has 1 aromatic heterocycles. The number of rotatable bonds is 2. The molecule has 0 unspecified atom stereocenters. The van der Waals surface area contributed by atoms with E-state index in [9.17, 15) is 14.3 Å². The summed E-state index contributed by atoms with van der Waals surface area (Å²) in [5.74, 6) is -0.0978. The number of Topliss-reactive ketones (excluding diaryl/α,β-unsaturated/α-hetero) is 1. The van der Waals surface area contributed by atoms with Gasteiger partial charge in [0.1, 0.15) is 11.6 Å². The van der Waals surface area contributed by atoms with Crippen molar-refractivity contribution in [3.63, 3.8) is 0 Å². The summed E-state index contributed by atoms with van der Waals surface area (Å²) in [7, 11) is 0. The van der Waals surface area contributed by atoms with E-state index in [1.807, 2.05) is 19.1 Å². The Hall–Kier alpha value is -3.41. The molecule has 5 nitrogen and oxygen atoms in total. The van der Waals surface area contributed by atoms with Gasteiger partial charge in [-0.1, -0.05) is 35.5 Å². The number of aryl methyl sites for hydroxylation is 1. The largest absolute Gasteiger partial charge is 0.508 e. The van der Waals surface area contributed by atoms with Crippen molar-refractivity contribution >= 4 is 11.7 Å². The van der Waals surface area contributed by atoms with Gasteiger partial charge in [-0.05, 0) is 42.7 Å². The summed E-state index contributed by atoms with van der Waals surface area (Å²) in [5, 5.41) is 17.6. The number of ketones is 1. The van der Waals surface area contributed by atoms with Crippen LogP contribution in [0, 0.1) is 12.7 Å². The van der Waals surface area contributed by atoms with E-state index in [1.165, 1.54) is 12.1 Å². The number of aromatic nitrogens is 1. The molecule has 0 radical (unpaired) electrons. The Morgan fingerprint density at radius 2 is 1.90 bits per heavy atom. The molecule has 29 heavy (non-hydrogen) atoms. The number of phenols is 1. The number of carbonyl (C=O) groups excluding carboxylic acids is 1. The van der Waals surface area contributed by atoms with Crippen LogP contribution in [0.15, 0.2) is 64.3 Å². The third kappa shape index (κ3) is 2.83. The van der Waals surface area contributed by atoms with Crippen molar-refractivity contribution < 1.29 is 18.8 Å². The summed E-state index contributed by atoms with van der Waals surface area (Å²) >= 11 is 0. The molecule has 1 aliphatic heterocycles. The second-order valence-corrected chi connectivity index (χ2v) is 7.60. The molecule has 0 amide bonds. The molecule has 0 saturated heterocycles. The smallest absolute Gasteiger partial charge is 0.233 e. The van der Waals surface area contributed by atoms with Gasteiger partial charge >= 0.3 is 0 Å². The standard InChI is InChI=1S/C23H19FN2O3/c1-12-20-21(13-6-8-15(24)9-7-13)22-17(25-23(20)29-26-12)10-14(11-19(22)28)16-4-2-3-5-18(16)27/h2-9,14,21,25,27H,10-11H2,1H3/t14-,21-/m1/s1. The summed E-state index contributed by atoms with van der Waals surface area (Å²) in [6.45, 7) is 1.84. The summed E-state index contributed by atoms with van der Waals surface area (Å²) in [6, 6.07) is 13.3. The average molecular weight is 390 g/mol. The SMILES string of the molecule is Cc1noc2c1[C@@H](c1ccc(F)cc1)C1=C(C[C@@H](c3ccccc3O)CC1=O)N2. The summed E-state index contributed by atoms with van der Waals surface area (Å²) < 4.78 is 19.0. The molecule has 3 aromatic rings. The fraction of sp³-hybridized carbons (Fsp3) is 0.217. The van der Waals surface area contributed by atoms with Crippen LogP contribution in [-0.4, -0.2) is 16.0 Å². The summed E-state index contributed by atoms with van der Waals surface area (Å²) in [5.41, 5.74) is 4.53. The molecule has 0 saturated carbocycles. The summed E-state index contributed by atoms with van der Waals surface area (Å²) in [6.07, 6.45) is 0.866. The van der Waals surface area contributed by atoms with Crippen LogP contribution in [0.4, 0.5) is 10.3 Å². The molecule has 2 atom stereocenters. The molecule has 2 aromatic carbocycles. The normalized spacial score (nSPS) is 20.8. The van der Waals surface area contributed by atoms with Gasteiger partial charge in [-0.15, -0.1) is 0 Å². The number of hydrogen-bond acceptors (Lipinski definition) is 5. The highest BCUT2D eigenvalue weighted by atomic mass is 19.1. The Balaban J connectivity index is 1.63. The predicted octanol–water partition coefficient (Wildman–Crippen LogP) is 4.79. The third-order valence-electron chi connectivity index (χ3n) is 5.84. The number of phenolic OH excluding ortho intramolecular Hbond substituents is 1. The Kier molecular flexibility index (Phi) is 4.01. The summed E-state index contributed by atoms with van der Waals surface area (Å²) in [4.78, 5) is 13.3. The number of allylic oxidation sites excluding steroid dienone is 2. The van der Waals surface area contributed by atoms with Crippen LogP contribution in [0.3, 0.4) is 0 Å². The van der Waals surface area contributed by atoms with Crippen molar-refractivity contribution in [1.82, 2.24) is 5.16 Å². The van der Waals surface area contributed by atoms with Gasteiger partial charge in [0.2, 0.25) is 5.88 Å². The fourth-order valence-corrected chi connectivity index (χ4v) is 4.51. The first-order valence-electron chi connectivity index (χ1n) is 9.55. The monoisotopic (exact) mass is 390 g/mol. The lowest BCUT2D eigenvalue weighted by atomic mass is 9.72. The predicted molar refractivity (Wildman–Crippen MR) is 105 cm³/mol. The second-order valence-electron chi connectivity index (χ2n) is 7.60. The number of anilines is 1. The van der Waals surface area contributed by atoms with E-state index in [0.29, 0.717) is 30.0 Å². The van der Waals surface area contributed by atoms with E-state index < -0.39 is 0 Å². The zero-order chi connectivity index (χ0) is 20.1. The lowest BCUT2D eigenvalue weighted by Gasteiger charge is -2.34. The number of carbonyl (C=O) groups is 1. The van der Waals surface area contributed by atoms with Gasteiger partial charge < -0.3 is 14.9 Å². The topological polar surface area (TPSA) is 75.4 Å². The van der Waals surface area contributed by atoms with Crippen molar-refractivity contribution in [3.05, 3.63) is 88.0 Å². The minimum atomic E-state index is -0.356. The molecular formula is C23H19FN2O3. The first-order valence-corrected chi connectivity index (χ1v) is 9.55. The number of para-hydroxylation sites is 1. The average Bonchev–Trinajstić information content (AvgIpc) is 3.08. The van der Waals surface area contributed by atoms with Crippen molar-refractivity contribution in [2.45, 2.75) is 31.6 Å². The van der Waals surface area contributed by atoms with E-state index >= 15 is 0 Å². The molecular weight excluding hydrogens is 371 g/mol. The Bertz CT molecular complexity index is 1150. The van der Waals surface area contributed by atoms with E-state index in [1.54, 1.807) is 24.3 Å². The van der Waals surface area contributed by atoms with Crippen LogP contribution >= 0.6 is 0 Å². The van der Waals surface area contributed by atoms with Crippen molar-refractivity contribution in [2.24, 2.45) is 0 Å². The Morgan fingerprint density at radius 1 is 1.14 bits per heavy atom. The minimum absolute atomic E-state index is 0.00702. The lowest BCUT2D eigenvalue weighted by molar-refractivity contribution is -0.116. The van der Waals surface area contributed by atoms with Gasteiger partial charge in [0.25, 0.3) is 0 Å². The van der Waals surface area contributed by atoms with Gasteiger partial charge in [-0.3, -0.25) is 4.79 Å². The number of benzene rings is 2. The molecule has 2 N–H and O–H groups in total. The van der Waals surface area contributed by atoms with Crippen LogP contribution in [-0.2, 0) is 4.79 Å². The van der Waals surface area contributed by atoms with E-state index in [2.05, 4.69) is 10.5 Å². The van der Waals surface area contributed by atoms with Gasteiger partial charge in [-0.25, -0.2) is 4.39 Å². The fourth-order valence-electron chi connectivity index (χ4n) is 4.51. The maximum absolute atomic E-state index is 13.5. The molecule has 0 fully saturated rings. The van der Waals surface area contributed by atoms with Gasteiger partial charge in [0.05, 0.1) is 11.3 Å². The second kappa shape index (κ2) is 6.58. The van der Waals surface area contributed by atoms with Gasteiger partial charge in [-0.2, -0.15) is 0 Å². The quantitative estimate of drug-likeness (QED) is 0.658. The molecule has 0 bridgehead atoms. The van der Waals surface area contributed by atoms with Crippen molar-refractivity contribution in [2.75, 3.05) is 5.32 Å². The molecule has 0 spiro atoms. The van der Waals surface area contributed by atoms with E-state index in [-0.39, 0.29) is 29.2 Å². The molecule has 2 heterocycles. The van der Waals surface area contributed by atoms with E-state index in [0.717, 1.165) is 22.4 Å². The van der Waals surface area contributed by atoms with Crippen molar-refractivity contribution in [1.29, 1.82) is 0 Å². The van der Waals surface area contributed by atoms with E-state index in [4.69, 9.17) is 4.52 Å². The number of aromatic hydroxyl groups is 1. The lowest BCUT2D eigenvalue weighted by Crippen LogP contribution is -2.29. The minimum Gasteiger partial charge on any atom is -0.508 e. The van der Waals surface area contributed by atoms with Crippen LogP contribution < -0.4 is 5.32 Å². The highest BCUT2D eigenvalue weighted by Crippen LogP contribution is 2.49. The van der Waals surface area contributed by atoms with Crippen LogP contribution in [0.1, 0.15) is 47.1 Å². The first kappa shape index (κ1) is 17.7. The highest BCUT2D eigenvalue weighted by Gasteiger charge is 2.41. The van der Waals surface area contributed by atoms with Gasteiger partial charge in [0.15, 0.2) is 5.78 Å². The number of nitrogens with one attached hydrogen (secondary N) is 1. The number of fused-ring (bicyclic) bond motifs is 1. The highest BCUT2D eigenvalue weighted by molar-refractivity contribution is 6.01. The van der Waals surface area contributed by atoms with Gasteiger partial charge in [0, 0.05) is 29.5 Å². The van der Waals surface area contributed by atoms with Crippen LogP contribution in [0.2, 0.25) is 0 Å². The number of halogens is 1. The van der Waals surface area contributed by atoms with Crippen LogP contribution in [0.5, 0.6) is 5.75 Å². The molecule has 2 aliphatic rings. The zero-order valence-corrected chi connectivity index (χ0v) is 15.8. The number of nitrogens with zero attached hydrogens (tertiary/aromatic N) is 1. The molecule has 6 heteroatoms. The Morgan fingerprint density at radius 3 is 2.66 bits per heavy atom. The van der Waals surface area contributed by atoms with Crippen LogP contribution in [0.25, 0.3) is 0 Å². The maximum atomic E-state index is 13.5. The molecule has 5 rings (SSSR count). The Labute approximate surface area is 166 Å². The molecule has 146 valence electrons. The first-order chi connectivity index (χ1) is 14.0. The zero-order valence-electron chi connectivity index (χ0n) is 15.8. The number of hydrogen-bond donors (Lipinski definition) is 2.